The van der Waals surface area contributed by atoms with Crippen LogP contribution in [0.15, 0.2) is 18.7 Å². The first-order valence-corrected chi connectivity index (χ1v) is 3.85. The van der Waals surface area contributed by atoms with Gasteiger partial charge in [-0.05, 0) is 6.92 Å². The Bertz CT molecular complexity index is 420. The molecule has 0 aromatic carbocycles. The van der Waals surface area contributed by atoms with Gasteiger partial charge in [0.1, 0.15) is 6.33 Å². The molecule has 0 aliphatic heterocycles. The lowest BCUT2D eigenvalue weighted by Gasteiger charge is -2.00. The van der Waals surface area contributed by atoms with Crippen molar-refractivity contribution in [2.45, 2.75) is 6.92 Å². The minimum absolute atomic E-state index is 0.609. The van der Waals surface area contributed by atoms with E-state index in [0.717, 1.165) is 17.0 Å². The van der Waals surface area contributed by atoms with Gasteiger partial charge < -0.3 is 5.73 Å². The summed E-state index contributed by atoms with van der Waals surface area (Å²) in [6.45, 7) is 1.90. The van der Waals surface area contributed by atoms with Crippen molar-refractivity contribution in [1.29, 1.82) is 0 Å². The summed E-state index contributed by atoms with van der Waals surface area (Å²) >= 11 is 0. The summed E-state index contributed by atoms with van der Waals surface area (Å²) in [6, 6.07) is 0. The fourth-order valence-corrected chi connectivity index (χ4v) is 1.15. The molecule has 0 spiro atoms. The molecule has 2 aromatic rings. The van der Waals surface area contributed by atoms with E-state index in [4.69, 9.17) is 5.73 Å². The van der Waals surface area contributed by atoms with Crippen molar-refractivity contribution < 1.29 is 0 Å². The average molecular weight is 175 g/mol. The summed E-state index contributed by atoms with van der Waals surface area (Å²) in [5.74, 6) is 0. The van der Waals surface area contributed by atoms with Gasteiger partial charge in [-0.15, -0.1) is 0 Å². The first kappa shape index (κ1) is 7.72. The number of nitrogens with one attached hydrogen (secondary N) is 1. The lowest BCUT2D eigenvalue weighted by molar-refractivity contribution is 1.06. The first-order valence-electron chi connectivity index (χ1n) is 3.85. The number of nitrogens with zero attached hydrogens (tertiary/aromatic N) is 3. The molecular formula is C8H9N5. The molecule has 0 aliphatic carbocycles. The predicted octanol–water partition coefficient (Wildman–Crippen LogP) is 0.757. The Hall–Kier alpha value is -1.91. The van der Waals surface area contributed by atoms with Crippen LogP contribution >= 0.6 is 0 Å². The van der Waals surface area contributed by atoms with Crippen molar-refractivity contribution in [2.75, 3.05) is 5.73 Å². The Labute approximate surface area is 75.0 Å². The number of H-pyrrole nitrogens is 1. The van der Waals surface area contributed by atoms with Crippen LogP contribution in [0.3, 0.4) is 0 Å². The van der Waals surface area contributed by atoms with E-state index in [1.54, 1.807) is 12.4 Å². The highest BCUT2D eigenvalue weighted by molar-refractivity contribution is 5.72. The molecule has 5 heteroatoms. The quantitative estimate of drug-likeness (QED) is 0.670. The second kappa shape index (κ2) is 2.85. The topological polar surface area (TPSA) is 80.5 Å². The van der Waals surface area contributed by atoms with Crippen LogP contribution in [0.4, 0.5) is 5.69 Å². The van der Waals surface area contributed by atoms with Crippen LogP contribution < -0.4 is 5.73 Å². The number of nitrogens with two attached hydrogens (primary N) is 1. The average Bonchev–Trinajstić information content (AvgIpc) is 2.52. The van der Waals surface area contributed by atoms with E-state index in [0.29, 0.717) is 5.69 Å². The molecule has 0 aliphatic rings. The van der Waals surface area contributed by atoms with Crippen LogP contribution in [0.25, 0.3) is 11.3 Å². The summed E-state index contributed by atoms with van der Waals surface area (Å²) < 4.78 is 0. The molecule has 2 rings (SSSR count). The summed E-state index contributed by atoms with van der Waals surface area (Å²) in [4.78, 5) is 7.99. The zero-order valence-corrected chi connectivity index (χ0v) is 7.15. The number of aromatic nitrogens is 4. The van der Waals surface area contributed by atoms with Gasteiger partial charge in [-0.3, -0.25) is 5.10 Å². The third kappa shape index (κ3) is 1.24. The molecule has 0 saturated heterocycles. The van der Waals surface area contributed by atoms with Gasteiger partial charge in [0.25, 0.3) is 0 Å². The standard InChI is InChI=1S/C8H9N5/c1-5-6(2-10-4-11-5)8-7(9)3-12-13-8/h2-4H,9H2,1H3,(H,12,13). The first-order chi connectivity index (χ1) is 6.29. The Morgan fingerprint density at radius 3 is 2.85 bits per heavy atom. The maximum atomic E-state index is 5.69. The van der Waals surface area contributed by atoms with E-state index in [-0.39, 0.29) is 0 Å². The van der Waals surface area contributed by atoms with Gasteiger partial charge in [-0.1, -0.05) is 0 Å². The third-order valence-corrected chi connectivity index (χ3v) is 1.85. The van der Waals surface area contributed by atoms with Crippen LogP contribution in [0.2, 0.25) is 0 Å². The smallest absolute Gasteiger partial charge is 0.115 e. The summed E-state index contributed by atoms with van der Waals surface area (Å²) in [5, 5.41) is 6.64. The molecule has 2 aromatic heterocycles. The molecule has 0 atom stereocenters. The van der Waals surface area contributed by atoms with Gasteiger partial charge >= 0.3 is 0 Å². The van der Waals surface area contributed by atoms with Crippen molar-refractivity contribution >= 4 is 5.69 Å². The maximum Gasteiger partial charge on any atom is 0.115 e. The zero-order chi connectivity index (χ0) is 9.26. The number of aromatic amines is 1. The molecule has 0 radical (unpaired) electrons. The molecule has 0 unspecified atom stereocenters. The van der Waals surface area contributed by atoms with Gasteiger partial charge in [-0.2, -0.15) is 5.10 Å². The van der Waals surface area contributed by atoms with Crippen molar-refractivity contribution in [2.24, 2.45) is 0 Å². The molecule has 0 saturated carbocycles. The zero-order valence-electron chi connectivity index (χ0n) is 7.15. The summed E-state index contributed by atoms with van der Waals surface area (Å²) in [6.07, 6.45) is 4.79. The van der Waals surface area contributed by atoms with Crippen LogP contribution in [0, 0.1) is 6.92 Å². The number of hydrogen-bond donors (Lipinski definition) is 2. The summed E-state index contributed by atoms with van der Waals surface area (Å²) in [7, 11) is 0. The van der Waals surface area contributed by atoms with Crippen molar-refractivity contribution in [1.82, 2.24) is 20.2 Å². The largest absolute Gasteiger partial charge is 0.396 e. The molecule has 5 nitrogen and oxygen atoms in total. The Morgan fingerprint density at radius 1 is 1.38 bits per heavy atom. The monoisotopic (exact) mass is 175 g/mol. The van der Waals surface area contributed by atoms with E-state index >= 15 is 0 Å². The fourth-order valence-electron chi connectivity index (χ4n) is 1.15. The third-order valence-electron chi connectivity index (χ3n) is 1.85. The molecule has 13 heavy (non-hydrogen) atoms. The molecular weight excluding hydrogens is 166 g/mol. The molecule has 0 fully saturated rings. The van der Waals surface area contributed by atoms with Gasteiger partial charge in [0.15, 0.2) is 0 Å². The van der Waals surface area contributed by atoms with E-state index in [9.17, 15) is 0 Å². The summed E-state index contributed by atoms with van der Waals surface area (Å²) in [5.41, 5.74) is 8.84. The Kier molecular flexibility index (Phi) is 1.70. The minimum atomic E-state index is 0.609. The van der Waals surface area contributed by atoms with Crippen LogP contribution in [-0.4, -0.2) is 20.2 Å². The SMILES string of the molecule is Cc1ncncc1-c1[nH]ncc1N. The van der Waals surface area contributed by atoms with E-state index in [2.05, 4.69) is 20.2 Å². The van der Waals surface area contributed by atoms with E-state index in [1.165, 1.54) is 6.33 Å². The highest BCUT2D eigenvalue weighted by Gasteiger charge is 2.07. The number of rotatable bonds is 1. The van der Waals surface area contributed by atoms with Gasteiger partial charge in [0.2, 0.25) is 0 Å². The lowest BCUT2D eigenvalue weighted by Crippen LogP contribution is -1.92. The molecule has 3 N–H and O–H groups in total. The van der Waals surface area contributed by atoms with Gasteiger partial charge in [-0.25, -0.2) is 9.97 Å². The number of aryl methyl sites for hydroxylation is 1. The van der Waals surface area contributed by atoms with Crippen LogP contribution in [-0.2, 0) is 0 Å². The molecule has 2 heterocycles. The predicted molar refractivity (Wildman–Crippen MR) is 48.8 cm³/mol. The van der Waals surface area contributed by atoms with E-state index < -0.39 is 0 Å². The number of nitrogen functional groups attached to an aromatic ring is 1. The van der Waals surface area contributed by atoms with Crippen molar-refractivity contribution in [3.05, 3.63) is 24.4 Å². The maximum absolute atomic E-state index is 5.69. The van der Waals surface area contributed by atoms with Crippen molar-refractivity contribution in [3.63, 3.8) is 0 Å². The second-order valence-corrected chi connectivity index (χ2v) is 2.72. The lowest BCUT2D eigenvalue weighted by atomic mass is 10.1. The van der Waals surface area contributed by atoms with Crippen LogP contribution in [0.5, 0.6) is 0 Å². The van der Waals surface area contributed by atoms with Gasteiger partial charge in [0.05, 0.1) is 23.3 Å². The number of anilines is 1. The Balaban J connectivity index is 2.59. The van der Waals surface area contributed by atoms with Crippen molar-refractivity contribution in [3.8, 4) is 11.3 Å². The highest BCUT2D eigenvalue weighted by atomic mass is 15.1. The van der Waals surface area contributed by atoms with E-state index in [1.807, 2.05) is 6.92 Å². The second-order valence-electron chi connectivity index (χ2n) is 2.72. The molecule has 66 valence electrons. The highest BCUT2D eigenvalue weighted by Crippen LogP contribution is 2.23. The van der Waals surface area contributed by atoms with Crippen LogP contribution in [0.1, 0.15) is 5.69 Å². The minimum Gasteiger partial charge on any atom is -0.396 e. The Morgan fingerprint density at radius 2 is 2.23 bits per heavy atom. The van der Waals surface area contributed by atoms with Gasteiger partial charge in [0, 0.05) is 11.8 Å². The fraction of sp³-hybridized carbons (Fsp3) is 0.125. The normalized spacial score (nSPS) is 10.2. The molecule has 0 bridgehead atoms. The molecule has 0 amide bonds. The number of hydrogen-bond acceptors (Lipinski definition) is 4.